The summed E-state index contributed by atoms with van der Waals surface area (Å²) in [7, 11) is -3.09. The van der Waals surface area contributed by atoms with Crippen LogP contribution in [0.25, 0.3) is 5.76 Å². The van der Waals surface area contributed by atoms with Crippen molar-refractivity contribution in [3.63, 3.8) is 0 Å². The Bertz CT molecular complexity index is 1140. The number of hydrogen-bond acceptors (Lipinski definition) is 5. The van der Waals surface area contributed by atoms with Crippen LogP contribution in [0.2, 0.25) is 0 Å². The lowest BCUT2D eigenvalue weighted by Gasteiger charge is -2.29. The van der Waals surface area contributed by atoms with E-state index in [0.717, 1.165) is 25.2 Å². The molecule has 0 aliphatic carbocycles. The van der Waals surface area contributed by atoms with Gasteiger partial charge in [0.2, 0.25) is 5.78 Å². The van der Waals surface area contributed by atoms with Crippen LogP contribution in [0.1, 0.15) is 28.4 Å². The lowest BCUT2D eigenvalue weighted by molar-refractivity contribution is -0.258. The molecule has 2 N–H and O–H groups in total. The molecule has 1 heterocycles. The average molecular weight is 427 g/mol. The van der Waals surface area contributed by atoms with Crippen LogP contribution >= 0.6 is 0 Å². The van der Waals surface area contributed by atoms with E-state index in [1.54, 1.807) is 0 Å². The van der Waals surface area contributed by atoms with Crippen LogP contribution in [-0.4, -0.2) is 41.9 Å². The zero-order valence-corrected chi connectivity index (χ0v) is 16.0. The molecule has 1 atom stereocenters. The minimum Gasteiger partial charge on any atom is -0.505 e. The van der Waals surface area contributed by atoms with Crippen LogP contribution in [0, 0.1) is 0 Å². The molecule has 10 heteroatoms. The molecule has 0 bridgehead atoms. The Morgan fingerprint density at radius 1 is 1.07 bits per heavy atom. The maximum Gasteiger partial charge on any atom is 0.421 e. The van der Waals surface area contributed by atoms with E-state index in [2.05, 4.69) is 0 Å². The number of aliphatic hydroxyl groups excluding tert-OH is 1. The number of allylic oxidation sites excluding steroid dienone is 1. The van der Waals surface area contributed by atoms with Gasteiger partial charge in [-0.05, 0) is 30.7 Å². The van der Waals surface area contributed by atoms with Crippen molar-refractivity contribution in [3.05, 3.63) is 70.9 Å². The summed E-state index contributed by atoms with van der Waals surface area (Å²) >= 11 is 0. The van der Waals surface area contributed by atoms with Gasteiger partial charge in [-0.3, -0.25) is 9.10 Å². The van der Waals surface area contributed by atoms with Crippen LogP contribution in [0.3, 0.4) is 0 Å². The summed E-state index contributed by atoms with van der Waals surface area (Å²) in [5.74, 6) is -1.63. The number of alkyl halides is 3. The first-order valence-electron chi connectivity index (χ1n) is 8.26. The fraction of sp³-hybridized carbons (Fsp3) is 0.211. The Labute approximate surface area is 164 Å². The molecule has 1 aliphatic rings. The highest BCUT2D eigenvalue weighted by Gasteiger charge is 2.51. The third-order valence-electron chi connectivity index (χ3n) is 4.77. The monoisotopic (exact) mass is 427 g/mol. The normalized spacial score (nSPS) is 20.1. The van der Waals surface area contributed by atoms with Gasteiger partial charge in [0, 0.05) is 18.2 Å². The van der Waals surface area contributed by atoms with E-state index in [1.807, 2.05) is 0 Å². The van der Waals surface area contributed by atoms with E-state index in [9.17, 15) is 36.6 Å². The van der Waals surface area contributed by atoms with Crippen molar-refractivity contribution in [3.8, 4) is 0 Å². The number of carbonyl (C=O) groups is 1. The van der Waals surface area contributed by atoms with Gasteiger partial charge in [0.05, 0.1) is 4.90 Å². The lowest BCUT2D eigenvalue weighted by Crippen LogP contribution is -2.39. The Kier molecular flexibility index (Phi) is 4.75. The van der Waals surface area contributed by atoms with Gasteiger partial charge >= 0.3 is 6.18 Å². The van der Waals surface area contributed by atoms with Crippen molar-refractivity contribution in [1.82, 2.24) is 4.31 Å². The topological polar surface area (TPSA) is 94.9 Å². The highest BCUT2D eigenvalue weighted by Crippen LogP contribution is 2.40. The number of hydrogen-bond donors (Lipinski definition) is 2. The van der Waals surface area contributed by atoms with Gasteiger partial charge < -0.3 is 10.2 Å². The first-order valence-corrected chi connectivity index (χ1v) is 9.70. The predicted octanol–water partition coefficient (Wildman–Crippen LogP) is 3.20. The first-order chi connectivity index (χ1) is 13.3. The number of Topliss-reactive ketones (excluding diaryl/α,β-unsaturated/α-hetero) is 1. The summed E-state index contributed by atoms with van der Waals surface area (Å²) in [6.45, 7) is 0.550. The third-order valence-corrected chi connectivity index (χ3v) is 6.59. The number of ketones is 1. The van der Waals surface area contributed by atoms with E-state index < -0.39 is 44.6 Å². The van der Waals surface area contributed by atoms with E-state index in [-0.39, 0.29) is 16.0 Å². The molecule has 154 valence electrons. The Hall–Kier alpha value is -2.85. The van der Waals surface area contributed by atoms with E-state index >= 15 is 0 Å². The Morgan fingerprint density at radius 2 is 1.69 bits per heavy atom. The number of benzene rings is 2. The van der Waals surface area contributed by atoms with Gasteiger partial charge in [-0.15, -0.1) is 0 Å². The minimum atomic E-state index is -4.99. The van der Waals surface area contributed by atoms with Crippen LogP contribution in [0.15, 0.2) is 59.1 Å². The quantitative estimate of drug-likeness (QED) is 0.567. The number of aliphatic hydroxyl groups is 2. The zero-order valence-electron chi connectivity index (χ0n) is 15.2. The van der Waals surface area contributed by atoms with Crippen LogP contribution in [0.4, 0.5) is 13.2 Å². The molecule has 0 amide bonds. The van der Waals surface area contributed by atoms with Crippen molar-refractivity contribution < 1.29 is 36.6 Å². The molecule has 3 rings (SSSR count). The maximum atomic E-state index is 13.1. The lowest BCUT2D eigenvalue weighted by atomic mass is 9.93. The second-order valence-corrected chi connectivity index (χ2v) is 8.58. The molecule has 6 nitrogen and oxygen atoms in total. The molecule has 0 radical (unpaired) electrons. The molecular weight excluding hydrogens is 411 g/mol. The standard InChI is InChI=1S/C19H16F3NO5S/c1-18(26,19(20,21)22)12-7-5-6-11(10-12)16(24)15-17(25)13-8-3-4-9-14(13)29(27,28)23(15)2/h3-10,24,26H,1-2H3. The van der Waals surface area contributed by atoms with E-state index in [0.29, 0.717) is 11.2 Å². The van der Waals surface area contributed by atoms with Crippen molar-refractivity contribution in [2.75, 3.05) is 7.05 Å². The van der Waals surface area contributed by atoms with Gasteiger partial charge in [-0.1, -0.05) is 30.3 Å². The molecule has 2 aromatic carbocycles. The molecule has 0 saturated carbocycles. The molecule has 0 fully saturated rings. The molecule has 29 heavy (non-hydrogen) atoms. The second-order valence-electron chi connectivity index (χ2n) is 6.65. The van der Waals surface area contributed by atoms with Crippen LogP contribution < -0.4 is 0 Å². The molecular formula is C19H16F3NO5S. The van der Waals surface area contributed by atoms with Gasteiger partial charge in [0.25, 0.3) is 10.0 Å². The third kappa shape index (κ3) is 3.18. The van der Waals surface area contributed by atoms with Crippen molar-refractivity contribution in [1.29, 1.82) is 0 Å². The summed E-state index contributed by atoms with van der Waals surface area (Å²) in [6, 6.07) is 9.62. The maximum absolute atomic E-state index is 13.1. The number of halogens is 3. The number of fused-ring (bicyclic) bond motifs is 1. The first kappa shape index (κ1) is 20.9. The average Bonchev–Trinajstić information content (AvgIpc) is 2.66. The fourth-order valence-corrected chi connectivity index (χ4v) is 4.34. The van der Waals surface area contributed by atoms with Crippen molar-refractivity contribution in [2.24, 2.45) is 0 Å². The van der Waals surface area contributed by atoms with Gasteiger partial charge in [0.1, 0.15) is 5.70 Å². The molecule has 0 aromatic heterocycles. The smallest absolute Gasteiger partial charge is 0.421 e. The molecule has 0 saturated heterocycles. The van der Waals surface area contributed by atoms with Crippen molar-refractivity contribution in [2.45, 2.75) is 23.6 Å². The van der Waals surface area contributed by atoms with Gasteiger partial charge in [0.15, 0.2) is 11.4 Å². The largest absolute Gasteiger partial charge is 0.505 e. The molecule has 0 spiro atoms. The zero-order chi connectivity index (χ0) is 21.8. The molecule has 2 aromatic rings. The summed E-state index contributed by atoms with van der Waals surface area (Å²) in [6.07, 6.45) is -4.99. The summed E-state index contributed by atoms with van der Waals surface area (Å²) in [4.78, 5) is 12.6. The number of carbonyl (C=O) groups excluding carboxylic acids is 1. The Morgan fingerprint density at radius 3 is 2.31 bits per heavy atom. The number of nitrogens with zero attached hydrogens (tertiary/aromatic N) is 1. The minimum absolute atomic E-state index is 0.161. The molecule has 1 aliphatic heterocycles. The van der Waals surface area contributed by atoms with Crippen molar-refractivity contribution >= 4 is 21.6 Å². The van der Waals surface area contributed by atoms with Crippen LogP contribution in [0.5, 0.6) is 0 Å². The fourth-order valence-electron chi connectivity index (χ4n) is 2.94. The number of sulfonamides is 1. The Balaban J connectivity index is 2.21. The number of rotatable bonds is 2. The second kappa shape index (κ2) is 6.60. The van der Waals surface area contributed by atoms with Gasteiger partial charge in [-0.25, -0.2) is 8.42 Å². The number of likely N-dealkylation sites (N-methyl/N-ethyl adjacent to an activating group) is 1. The van der Waals surface area contributed by atoms with Gasteiger partial charge in [-0.2, -0.15) is 13.2 Å². The van der Waals surface area contributed by atoms with E-state index in [1.165, 1.54) is 30.3 Å². The highest BCUT2D eigenvalue weighted by molar-refractivity contribution is 7.89. The predicted molar refractivity (Wildman–Crippen MR) is 97.3 cm³/mol. The molecule has 1 unspecified atom stereocenters. The van der Waals surface area contributed by atoms with E-state index in [4.69, 9.17) is 0 Å². The summed E-state index contributed by atoms with van der Waals surface area (Å²) < 4.78 is 65.4. The summed E-state index contributed by atoms with van der Waals surface area (Å²) in [5, 5.41) is 20.5. The SMILES string of the molecule is CN1C(=C(O)c2cccc(C(C)(O)C(F)(F)F)c2)C(=O)c2ccccc2S1(=O)=O. The summed E-state index contributed by atoms with van der Waals surface area (Å²) in [5.41, 5.74) is -4.81. The highest BCUT2D eigenvalue weighted by atomic mass is 32.2. The van der Waals surface area contributed by atoms with Crippen LogP contribution in [-0.2, 0) is 15.6 Å².